The highest BCUT2D eigenvalue weighted by molar-refractivity contribution is 7.27. The van der Waals surface area contributed by atoms with Crippen molar-refractivity contribution in [2.24, 2.45) is 0 Å². The van der Waals surface area contributed by atoms with E-state index in [4.69, 9.17) is 0 Å². The number of rotatable bonds is 10. The maximum absolute atomic E-state index is 2.48. The quantitative estimate of drug-likeness (QED) is 0.135. The van der Waals surface area contributed by atoms with E-state index in [9.17, 15) is 0 Å². The van der Waals surface area contributed by atoms with Gasteiger partial charge in [-0.3, -0.25) is 0 Å². The van der Waals surface area contributed by atoms with Gasteiger partial charge in [0.2, 0.25) is 0 Å². The maximum Gasteiger partial charge on any atom is 0.0555 e. The smallest absolute Gasteiger partial charge is 0.0555 e. The van der Waals surface area contributed by atoms with Crippen LogP contribution in [-0.4, -0.2) is 4.57 Å². The zero-order chi connectivity index (χ0) is 55.2. The van der Waals surface area contributed by atoms with Gasteiger partial charge in [-0.25, -0.2) is 0 Å². The summed E-state index contributed by atoms with van der Waals surface area (Å²) in [4.78, 5) is 4.96. The van der Waals surface area contributed by atoms with Gasteiger partial charge in [-0.05, 0) is 161 Å². The third kappa shape index (κ3) is 8.13. The average molecular weight is 1120 g/mol. The number of benzene rings is 13. The predicted molar refractivity (Wildman–Crippen MR) is 365 cm³/mol. The fourth-order valence-electron chi connectivity index (χ4n) is 12.8. The molecule has 394 valence electrons. The van der Waals surface area contributed by atoms with E-state index in [-0.39, 0.29) is 0 Å². The first-order valence-electron chi connectivity index (χ1n) is 28.5. The normalized spacial score (nSPS) is 11.8. The van der Waals surface area contributed by atoms with E-state index in [1.54, 1.807) is 0 Å². The number of hydrogen-bond acceptors (Lipinski definition) is 5. The van der Waals surface area contributed by atoms with Crippen LogP contribution in [0, 0.1) is 0 Å². The molecule has 3 nitrogen and oxygen atoms in total. The third-order valence-corrected chi connectivity index (χ3v) is 20.2. The van der Waals surface area contributed by atoms with Gasteiger partial charge in [-0.15, -0.1) is 34.0 Å². The Balaban J connectivity index is 0.957. The number of para-hydroxylation sites is 1. The van der Waals surface area contributed by atoms with Gasteiger partial charge in [-0.1, -0.05) is 170 Å². The topological polar surface area (TPSA) is 11.4 Å². The average Bonchev–Trinajstić information content (AvgIpc) is 1.83. The van der Waals surface area contributed by atoms with Gasteiger partial charge >= 0.3 is 0 Å². The van der Waals surface area contributed by atoms with Crippen molar-refractivity contribution in [3.05, 3.63) is 297 Å². The summed E-state index contributed by atoms with van der Waals surface area (Å²) in [6.45, 7) is 0. The lowest BCUT2D eigenvalue weighted by atomic mass is 9.99. The van der Waals surface area contributed by atoms with E-state index in [0.717, 1.165) is 56.5 Å². The van der Waals surface area contributed by atoms with Crippen LogP contribution in [0.3, 0.4) is 0 Å². The zero-order valence-corrected chi connectivity index (χ0v) is 47.8. The number of anilines is 6. The van der Waals surface area contributed by atoms with Gasteiger partial charge in [0.1, 0.15) is 0 Å². The molecule has 0 saturated heterocycles. The van der Waals surface area contributed by atoms with Crippen LogP contribution in [0.4, 0.5) is 34.1 Å². The van der Waals surface area contributed by atoms with E-state index in [0.29, 0.717) is 0 Å². The highest BCUT2D eigenvalue weighted by Gasteiger charge is 2.24. The molecular formula is C78H49N3S3. The molecule has 0 aliphatic rings. The Hall–Kier alpha value is -10.1. The summed E-state index contributed by atoms with van der Waals surface area (Å²) in [7, 11) is 0. The van der Waals surface area contributed by atoms with E-state index < -0.39 is 0 Å². The SMILES string of the molecule is c1ccc(-c2ccc(N(c3cc(-c4ccc5c(c4)c4c6sc7ccccc7c6ccc4n5-c4ccccc4)cc(N(c4cccc(-c5ccccc5)c4)c4ccc5sc6ccccc6c5c4)c3)c3ccc4sc5ccccc5c4c3)cc2)cc1. The molecule has 0 atom stereocenters. The van der Waals surface area contributed by atoms with Crippen LogP contribution >= 0.6 is 34.0 Å². The molecule has 0 fully saturated rings. The van der Waals surface area contributed by atoms with Gasteiger partial charge < -0.3 is 14.4 Å². The molecule has 84 heavy (non-hydrogen) atoms. The third-order valence-electron chi connectivity index (χ3n) is 16.7. The second kappa shape index (κ2) is 19.8. The van der Waals surface area contributed by atoms with Gasteiger partial charge in [0.15, 0.2) is 0 Å². The number of fused-ring (bicyclic) bond motifs is 13. The molecule has 17 rings (SSSR count). The molecule has 17 aromatic rings. The summed E-state index contributed by atoms with van der Waals surface area (Å²) in [5.74, 6) is 0. The van der Waals surface area contributed by atoms with Crippen LogP contribution in [0.1, 0.15) is 0 Å². The molecule has 0 unspecified atom stereocenters. The lowest BCUT2D eigenvalue weighted by molar-refractivity contribution is 1.18. The van der Waals surface area contributed by atoms with Crippen LogP contribution in [0.15, 0.2) is 297 Å². The lowest BCUT2D eigenvalue weighted by Crippen LogP contribution is -2.14. The van der Waals surface area contributed by atoms with Crippen LogP contribution < -0.4 is 9.80 Å². The number of thiophene rings is 3. The minimum atomic E-state index is 1.04. The Kier molecular flexibility index (Phi) is 11.5. The predicted octanol–water partition coefficient (Wildman–Crippen LogP) is 23.8. The molecule has 0 bridgehead atoms. The molecule has 0 radical (unpaired) electrons. The standard InChI is InChI=1S/C78H49N3S3/c1-4-17-50(18-5-1)52-31-34-57(35-32-52)79(59-36-41-75-67(48-59)64-26-11-13-28-72(64)82-75)61-44-55(54-33-39-70-69(46-54)77-71(81(70)56-22-8-3-9-23-56)40-38-66-63-25-10-15-30-74(63)84-78(66)77)45-62(47-61)80(58-24-16-21-53(43-58)51-19-6-2-7-20-51)60-37-42-76-68(49-60)65-27-12-14-29-73(65)83-76/h1-49H. The molecule has 0 amide bonds. The van der Waals surface area contributed by atoms with Crippen molar-refractivity contribution in [2.75, 3.05) is 9.80 Å². The summed E-state index contributed by atoms with van der Waals surface area (Å²) >= 11 is 5.60. The fraction of sp³-hybridized carbons (Fsp3) is 0. The summed E-state index contributed by atoms with van der Waals surface area (Å²) in [5.41, 5.74) is 16.8. The van der Waals surface area contributed by atoms with E-state index in [1.807, 2.05) is 34.0 Å². The van der Waals surface area contributed by atoms with Gasteiger partial charge in [0.25, 0.3) is 0 Å². The van der Waals surface area contributed by atoms with Crippen LogP contribution in [0.5, 0.6) is 0 Å². The minimum absolute atomic E-state index is 1.04. The van der Waals surface area contributed by atoms with Crippen LogP contribution in [-0.2, 0) is 0 Å². The van der Waals surface area contributed by atoms with Crippen molar-refractivity contribution in [2.45, 2.75) is 0 Å². The summed E-state index contributed by atoms with van der Waals surface area (Å²) in [5, 5.41) is 10.1. The molecule has 6 heteroatoms. The van der Waals surface area contributed by atoms with Crippen molar-refractivity contribution in [3.8, 4) is 39.1 Å². The molecule has 0 N–H and O–H groups in total. The van der Waals surface area contributed by atoms with E-state index >= 15 is 0 Å². The number of nitrogens with zero attached hydrogens (tertiary/aromatic N) is 3. The van der Waals surface area contributed by atoms with Gasteiger partial charge in [0, 0.05) is 111 Å². The van der Waals surface area contributed by atoms with Crippen molar-refractivity contribution in [1.82, 2.24) is 4.57 Å². The van der Waals surface area contributed by atoms with E-state index in [2.05, 4.69) is 312 Å². The Morgan fingerprint density at radius 2 is 0.667 bits per heavy atom. The molecule has 0 aliphatic heterocycles. The van der Waals surface area contributed by atoms with Crippen molar-refractivity contribution in [1.29, 1.82) is 0 Å². The van der Waals surface area contributed by atoms with E-state index in [1.165, 1.54) is 99.0 Å². The first-order chi connectivity index (χ1) is 41.6. The van der Waals surface area contributed by atoms with Crippen LogP contribution in [0.2, 0.25) is 0 Å². The maximum atomic E-state index is 2.48. The first kappa shape index (κ1) is 48.6. The Morgan fingerprint density at radius 1 is 0.226 bits per heavy atom. The minimum Gasteiger partial charge on any atom is -0.310 e. The molecule has 4 aromatic heterocycles. The lowest BCUT2D eigenvalue weighted by Gasteiger charge is -2.31. The summed E-state index contributed by atoms with van der Waals surface area (Å²) in [6.07, 6.45) is 0. The van der Waals surface area contributed by atoms with Crippen molar-refractivity contribution < 1.29 is 0 Å². The largest absolute Gasteiger partial charge is 0.310 e. The van der Waals surface area contributed by atoms with Crippen molar-refractivity contribution in [3.63, 3.8) is 0 Å². The monoisotopic (exact) mass is 1120 g/mol. The Labute approximate surface area is 497 Å². The molecular weight excluding hydrogens is 1080 g/mol. The molecule has 0 aliphatic carbocycles. The Morgan fingerprint density at radius 3 is 1.30 bits per heavy atom. The second-order valence-corrected chi connectivity index (χ2v) is 24.9. The summed E-state index contributed by atoms with van der Waals surface area (Å²) < 4.78 is 10.2. The van der Waals surface area contributed by atoms with Gasteiger partial charge in [-0.2, -0.15) is 0 Å². The highest BCUT2D eigenvalue weighted by atomic mass is 32.1. The molecule has 0 saturated carbocycles. The first-order valence-corrected chi connectivity index (χ1v) is 30.9. The summed E-state index contributed by atoms with van der Waals surface area (Å²) in [6, 6.07) is 110. The fourth-order valence-corrected chi connectivity index (χ4v) is 16.3. The Bertz CT molecular complexity index is 5380. The highest BCUT2D eigenvalue weighted by Crippen LogP contribution is 2.49. The van der Waals surface area contributed by atoms with Crippen molar-refractivity contribution >= 4 is 150 Å². The zero-order valence-electron chi connectivity index (χ0n) is 45.4. The van der Waals surface area contributed by atoms with Gasteiger partial charge in [0.05, 0.1) is 11.0 Å². The molecule has 13 aromatic carbocycles. The second-order valence-electron chi connectivity index (χ2n) is 21.6. The number of hydrogen-bond donors (Lipinski definition) is 0. The molecule has 0 spiro atoms. The van der Waals surface area contributed by atoms with Crippen LogP contribution in [0.25, 0.3) is 121 Å². The molecule has 4 heterocycles. The number of aromatic nitrogens is 1.